The average molecular weight is 465 g/mol. The summed E-state index contributed by atoms with van der Waals surface area (Å²) in [7, 11) is 1.96. The molecule has 0 saturated carbocycles. The number of hydrogen-bond donors (Lipinski definition) is 3. The van der Waals surface area contributed by atoms with Crippen LogP contribution < -0.4 is 15.5 Å². The van der Waals surface area contributed by atoms with E-state index in [0.29, 0.717) is 29.5 Å². The molecule has 0 bridgehead atoms. The number of halogens is 1. The summed E-state index contributed by atoms with van der Waals surface area (Å²) in [6.07, 6.45) is 0. The van der Waals surface area contributed by atoms with E-state index in [1.807, 2.05) is 37.4 Å². The van der Waals surface area contributed by atoms with Gasteiger partial charge in [-0.1, -0.05) is 60.1 Å². The van der Waals surface area contributed by atoms with Crippen LogP contribution in [0.3, 0.4) is 0 Å². The molecule has 3 N–H and O–H groups in total. The van der Waals surface area contributed by atoms with E-state index < -0.39 is 17.7 Å². The van der Waals surface area contributed by atoms with E-state index in [1.54, 1.807) is 48.5 Å². The Morgan fingerprint density at radius 2 is 1.73 bits per heavy atom. The van der Waals surface area contributed by atoms with Crippen molar-refractivity contribution in [3.63, 3.8) is 0 Å². The second kappa shape index (κ2) is 9.62. The molecule has 0 radical (unpaired) electrons. The van der Waals surface area contributed by atoms with E-state index in [-0.39, 0.29) is 5.56 Å². The van der Waals surface area contributed by atoms with Crippen LogP contribution in [0.1, 0.15) is 11.1 Å². The maximum atomic E-state index is 13.4. The van der Waals surface area contributed by atoms with Crippen LogP contribution in [0.2, 0.25) is 5.02 Å². The zero-order valence-corrected chi connectivity index (χ0v) is 18.9. The zero-order valence-electron chi connectivity index (χ0n) is 18.2. The van der Waals surface area contributed by atoms with Crippen molar-refractivity contribution >= 4 is 34.9 Å². The molecule has 4 rings (SSSR count). The van der Waals surface area contributed by atoms with Gasteiger partial charge in [-0.05, 0) is 42.9 Å². The number of benzene rings is 3. The average Bonchev–Trinajstić information content (AvgIpc) is 2.81. The summed E-state index contributed by atoms with van der Waals surface area (Å²) < 4.78 is 0. The highest BCUT2D eigenvalue weighted by atomic mass is 35.5. The molecule has 0 spiro atoms. The number of carbonyl (C=O) groups is 2. The number of fused-ring (bicyclic) bond motifs is 1. The molecule has 7 nitrogen and oxygen atoms in total. The van der Waals surface area contributed by atoms with Gasteiger partial charge in [-0.3, -0.25) is 9.69 Å². The van der Waals surface area contributed by atoms with Crippen LogP contribution in [0.15, 0.2) is 78.9 Å². The highest BCUT2D eigenvalue weighted by Crippen LogP contribution is 2.39. The summed E-state index contributed by atoms with van der Waals surface area (Å²) in [4.78, 5) is 29.5. The predicted octanol–water partition coefficient (Wildman–Crippen LogP) is 3.79. The van der Waals surface area contributed by atoms with E-state index >= 15 is 0 Å². The van der Waals surface area contributed by atoms with Gasteiger partial charge in [-0.15, -0.1) is 0 Å². The fraction of sp³-hybridized carbons (Fsp3) is 0.200. The van der Waals surface area contributed by atoms with Crippen molar-refractivity contribution in [3.05, 3.63) is 95.0 Å². The molecule has 1 atom stereocenters. The Hall–Kier alpha value is -3.39. The van der Waals surface area contributed by atoms with E-state index in [9.17, 15) is 14.7 Å². The molecule has 1 aliphatic heterocycles. The number of urea groups is 1. The third-order valence-electron chi connectivity index (χ3n) is 5.55. The summed E-state index contributed by atoms with van der Waals surface area (Å²) in [6, 6.07) is 22.5. The molecule has 1 aliphatic rings. The lowest BCUT2D eigenvalue weighted by Crippen LogP contribution is -2.62. The highest BCUT2D eigenvalue weighted by molar-refractivity contribution is 6.30. The van der Waals surface area contributed by atoms with Crippen LogP contribution in [0.5, 0.6) is 0 Å². The number of rotatable bonds is 7. The molecule has 170 valence electrons. The van der Waals surface area contributed by atoms with Crippen molar-refractivity contribution in [1.29, 1.82) is 0 Å². The summed E-state index contributed by atoms with van der Waals surface area (Å²) in [5.74, 6) is -0.687. The number of anilines is 2. The Balaban J connectivity index is 1.55. The molecule has 0 aliphatic carbocycles. The number of amides is 3. The van der Waals surface area contributed by atoms with Crippen molar-refractivity contribution < 1.29 is 14.7 Å². The Bertz CT molecular complexity index is 1140. The minimum atomic E-state index is -2.23. The van der Waals surface area contributed by atoms with Crippen molar-refractivity contribution in [1.82, 2.24) is 10.2 Å². The third-order valence-corrected chi connectivity index (χ3v) is 5.80. The van der Waals surface area contributed by atoms with Crippen LogP contribution in [0.25, 0.3) is 0 Å². The first-order valence-corrected chi connectivity index (χ1v) is 11.0. The van der Waals surface area contributed by atoms with Crippen molar-refractivity contribution in [2.45, 2.75) is 12.3 Å². The smallest absolute Gasteiger partial charge is 0.329 e. The minimum absolute atomic E-state index is 0.287. The van der Waals surface area contributed by atoms with Gasteiger partial charge in [0.2, 0.25) is 0 Å². The summed E-state index contributed by atoms with van der Waals surface area (Å²) in [5.41, 5.74) is -0.0617. The van der Waals surface area contributed by atoms with Gasteiger partial charge in [0.1, 0.15) is 0 Å². The van der Waals surface area contributed by atoms with Crippen LogP contribution in [0.4, 0.5) is 16.2 Å². The lowest BCUT2D eigenvalue weighted by Gasteiger charge is -2.42. The lowest BCUT2D eigenvalue weighted by molar-refractivity contribution is -0.140. The Labute approximate surface area is 197 Å². The molecular weight excluding hydrogens is 440 g/mol. The van der Waals surface area contributed by atoms with Crippen LogP contribution in [-0.2, 0) is 17.1 Å². The minimum Gasteiger partial charge on any atom is -0.359 e. The number of hydrogen-bond acceptors (Lipinski definition) is 4. The van der Waals surface area contributed by atoms with E-state index in [0.717, 1.165) is 17.0 Å². The number of carbonyl (C=O) groups excluding carboxylic acids is 2. The highest BCUT2D eigenvalue weighted by Gasteiger charge is 2.51. The molecule has 33 heavy (non-hydrogen) atoms. The van der Waals surface area contributed by atoms with Crippen molar-refractivity contribution in [3.8, 4) is 0 Å². The van der Waals surface area contributed by atoms with Crippen LogP contribution >= 0.6 is 11.6 Å². The molecule has 3 aromatic rings. The zero-order chi connectivity index (χ0) is 23.4. The largest absolute Gasteiger partial charge is 0.359 e. The molecule has 0 fully saturated rings. The first-order chi connectivity index (χ1) is 15.9. The molecule has 0 aromatic heterocycles. The third kappa shape index (κ3) is 4.71. The molecule has 0 unspecified atom stereocenters. The number of nitrogens with zero attached hydrogens (tertiary/aromatic N) is 2. The molecular formula is C25H25ClN4O3. The first-order valence-electron chi connectivity index (χ1n) is 10.6. The second-order valence-electron chi connectivity index (χ2n) is 7.94. The lowest BCUT2D eigenvalue weighted by atomic mass is 9.95. The van der Waals surface area contributed by atoms with Crippen LogP contribution in [-0.4, -0.2) is 42.1 Å². The first kappa shape index (κ1) is 22.8. The Morgan fingerprint density at radius 3 is 2.45 bits per heavy atom. The van der Waals surface area contributed by atoms with Gasteiger partial charge in [0.25, 0.3) is 11.6 Å². The molecule has 0 saturated heterocycles. The molecule has 1 heterocycles. The number of likely N-dealkylation sites (N-methyl/N-ethyl adjacent to an activating group) is 1. The fourth-order valence-corrected chi connectivity index (χ4v) is 4.04. The van der Waals surface area contributed by atoms with E-state index in [2.05, 4.69) is 15.5 Å². The summed E-state index contributed by atoms with van der Waals surface area (Å²) in [5, 5.41) is 17.8. The Kier molecular flexibility index (Phi) is 6.65. The molecule has 3 amide bonds. The maximum Gasteiger partial charge on any atom is 0.329 e. The number of nitrogens with one attached hydrogen (secondary N) is 2. The topological polar surface area (TPSA) is 84.9 Å². The predicted molar refractivity (Wildman–Crippen MR) is 129 cm³/mol. The van der Waals surface area contributed by atoms with Gasteiger partial charge in [-0.25, -0.2) is 4.79 Å². The SMILES string of the molecule is CN(CCNC(=O)[C@@]1(O)c2ccccc2NC(=O)N1c1ccc(Cl)cc1)Cc1ccccc1. The normalized spacial score (nSPS) is 17.5. The Morgan fingerprint density at radius 1 is 1.06 bits per heavy atom. The van der Waals surface area contributed by atoms with E-state index in [1.165, 1.54) is 0 Å². The van der Waals surface area contributed by atoms with E-state index in [4.69, 9.17) is 11.6 Å². The quantitative estimate of drug-likeness (QED) is 0.496. The summed E-state index contributed by atoms with van der Waals surface area (Å²) in [6.45, 7) is 1.58. The monoisotopic (exact) mass is 464 g/mol. The standard InChI is InChI=1S/C25H25ClN4O3/c1-29(17-18-7-3-2-4-8-18)16-15-27-23(31)25(33)21-9-5-6-10-22(21)28-24(32)30(25)20-13-11-19(26)12-14-20/h2-14,33H,15-17H2,1H3,(H,27,31)(H,28,32)/t25-/m0/s1. The number of aliphatic hydroxyl groups is 1. The van der Waals surface area contributed by atoms with Crippen molar-refractivity contribution in [2.75, 3.05) is 30.4 Å². The van der Waals surface area contributed by atoms with Gasteiger partial charge in [-0.2, -0.15) is 0 Å². The van der Waals surface area contributed by atoms with Gasteiger partial charge in [0.05, 0.1) is 5.69 Å². The van der Waals surface area contributed by atoms with Gasteiger partial charge >= 0.3 is 6.03 Å². The second-order valence-corrected chi connectivity index (χ2v) is 8.38. The molecule has 3 aromatic carbocycles. The van der Waals surface area contributed by atoms with Gasteiger partial charge in [0.15, 0.2) is 0 Å². The maximum absolute atomic E-state index is 13.4. The van der Waals surface area contributed by atoms with Crippen molar-refractivity contribution in [2.24, 2.45) is 0 Å². The fourth-order valence-electron chi connectivity index (χ4n) is 3.91. The molecule has 8 heteroatoms. The van der Waals surface area contributed by atoms with Gasteiger partial charge in [0, 0.05) is 35.9 Å². The number of para-hydroxylation sites is 1. The van der Waals surface area contributed by atoms with Gasteiger partial charge < -0.3 is 20.6 Å². The van der Waals surface area contributed by atoms with Crippen LogP contribution in [0, 0.1) is 0 Å². The summed E-state index contributed by atoms with van der Waals surface area (Å²) >= 11 is 5.99.